The normalized spacial score (nSPS) is 12.2. The Bertz CT molecular complexity index is 662. The van der Waals surface area contributed by atoms with Crippen LogP contribution in [-0.2, 0) is 7.05 Å². The molecule has 0 aliphatic rings. The van der Waals surface area contributed by atoms with Gasteiger partial charge >= 0.3 is 0 Å². The first-order chi connectivity index (χ1) is 9.84. The van der Waals surface area contributed by atoms with Gasteiger partial charge in [-0.25, -0.2) is 4.98 Å². The van der Waals surface area contributed by atoms with Gasteiger partial charge in [0.1, 0.15) is 5.82 Å². The summed E-state index contributed by atoms with van der Waals surface area (Å²) in [7, 11) is 2.05. The van der Waals surface area contributed by atoms with E-state index in [2.05, 4.69) is 58.1 Å². The molecule has 0 spiro atoms. The average molecular weight is 280 g/mol. The Morgan fingerprint density at radius 3 is 2.20 bits per heavy atom. The van der Waals surface area contributed by atoms with Crippen molar-refractivity contribution in [3.8, 4) is 0 Å². The largest absolute Gasteiger partial charge is 0.337 e. The molecule has 1 heterocycles. The molecule has 3 aromatic rings. The van der Waals surface area contributed by atoms with Crippen molar-refractivity contribution in [1.29, 1.82) is 0 Å². The minimum atomic E-state index is 0.207. The molecule has 3 rings (SSSR count). The highest BCUT2D eigenvalue weighted by Crippen LogP contribution is 2.39. The molecule has 1 aromatic heterocycles. The minimum absolute atomic E-state index is 0.207. The first kappa shape index (κ1) is 13.0. The van der Waals surface area contributed by atoms with Gasteiger partial charge in [-0.1, -0.05) is 48.5 Å². The second-order valence-electron chi connectivity index (χ2n) is 4.62. The molecule has 3 heteroatoms. The summed E-state index contributed by atoms with van der Waals surface area (Å²) < 4.78 is 2.09. The Kier molecular flexibility index (Phi) is 3.88. The maximum atomic E-state index is 4.53. The molecule has 2 aromatic carbocycles. The van der Waals surface area contributed by atoms with Crippen LogP contribution in [-0.4, -0.2) is 9.55 Å². The quantitative estimate of drug-likeness (QED) is 0.663. The second-order valence-corrected chi connectivity index (χ2v) is 5.80. The highest BCUT2D eigenvalue weighted by molar-refractivity contribution is 7.99. The van der Waals surface area contributed by atoms with E-state index in [1.807, 2.05) is 43.3 Å². The Labute approximate surface area is 123 Å². The van der Waals surface area contributed by atoms with Gasteiger partial charge in [-0.05, 0) is 17.7 Å². The van der Waals surface area contributed by atoms with E-state index < -0.39 is 0 Å². The number of aryl methyl sites for hydroxylation is 1. The number of aromatic nitrogens is 2. The lowest BCUT2D eigenvalue weighted by atomic mass is 10.1. The summed E-state index contributed by atoms with van der Waals surface area (Å²) in [6.45, 7) is 0. The molecule has 1 atom stereocenters. The van der Waals surface area contributed by atoms with Crippen LogP contribution in [0.1, 0.15) is 16.6 Å². The third-order valence-electron chi connectivity index (χ3n) is 3.19. The average Bonchev–Trinajstić information content (AvgIpc) is 2.93. The number of nitrogens with zero attached hydrogens (tertiary/aromatic N) is 2. The van der Waals surface area contributed by atoms with E-state index >= 15 is 0 Å². The maximum absolute atomic E-state index is 4.53. The van der Waals surface area contributed by atoms with Crippen LogP contribution in [0.4, 0.5) is 0 Å². The van der Waals surface area contributed by atoms with Crippen LogP contribution in [0.25, 0.3) is 0 Å². The van der Waals surface area contributed by atoms with E-state index in [9.17, 15) is 0 Å². The van der Waals surface area contributed by atoms with Gasteiger partial charge in [-0.2, -0.15) is 0 Å². The van der Waals surface area contributed by atoms with Crippen LogP contribution in [0.15, 0.2) is 78.0 Å². The summed E-state index contributed by atoms with van der Waals surface area (Å²) in [5.74, 6) is 1.07. The van der Waals surface area contributed by atoms with Crippen molar-refractivity contribution in [2.45, 2.75) is 10.1 Å². The van der Waals surface area contributed by atoms with Gasteiger partial charge in [0.05, 0.1) is 5.25 Å². The van der Waals surface area contributed by atoms with Crippen LogP contribution in [0.5, 0.6) is 0 Å². The van der Waals surface area contributed by atoms with Crippen molar-refractivity contribution in [3.63, 3.8) is 0 Å². The highest BCUT2D eigenvalue weighted by atomic mass is 32.2. The van der Waals surface area contributed by atoms with Crippen molar-refractivity contribution in [2.75, 3.05) is 0 Å². The smallest absolute Gasteiger partial charge is 0.126 e. The zero-order chi connectivity index (χ0) is 13.8. The number of thioether (sulfide) groups is 1. The van der Waals surface area contributed by atoms with Crippen LogP contribution in [0, 0.1) is 0 Å². The van der Waals surface area contributed by atoms with Crippen LogP contribution < -0.4 is 0 Å². The van der Waals surface area contributed by atoms with Crippen molar-refractivity contribution in [1.82, 2.24) is 9.55 Å². The van der Waals surface area contributed by atoms with Gasteiger partial charge in [0, 0.05) is 24.3 Å². The summed E-state index contributed by atoms with van der Waals surface area (Å²) in [5, 5.41) is 0.207. The van der Waals surface area contributed by atoms with E-state index in [-0.39, 0.29) is 5.25 Å². The maximum Gasteiger partial charge on any atom is 0.126 e. The number of rotatable bonds is 4. The second kappa shape index (κ2) is 5.97. The van der Waals surface area contributed by atoms with Gasteiger partial charge in [0.2, 0.25) is 0 Å². The van der Waals surface area contributed by atoms with Gasteiger partial charge in [0.15, 0.2) is 0 Å². The molecule has 1 unspecified atom stereocenters. The summed E-state index contributed by atoms with van der Waals surface area (Å²) >= 11 is 1.83. The molecule has 0 saturated carbocycles. The lowest BCUT2D eigenvalue weighted by Crippen LogP contribution is -2.04. The zero-order valence-corrected chi connectivity index (χ0v) is 12.1. The standard InChI is InChI=1S/C17H16N2S/c1-19-13-12-18-17(19)16(14-8-4-2-5-9-14)20-15-10-6-3-7-11-15/h2-13,16H,1H3. The Balaban J connectivity index is 1.98. The Morgan fingerprint density at radius 1 is 0.950 bits per heavy atom. The lowest BCUT2D eigenvalue weighted by molar-refractivity contribution is 0.813. The summed E-state index contributed by atoms with van der Waals surface area (Å²) in [4.78, 5) is 5.78. The predicted molar refractivity (Wildman–Crippen MR) is 83.8 cm³/mol. The molecule has 0 fully saturated rings. The van der Waals surface area contributed by atoms with Crippen LogP contribution >= 0.6 is 11.8 Å². The van der Waals surface area contributed by atoms with Crippen molar-refractivity contribution < 1.29 is 0 Å². The minimum Gasteiger partial charge on any atom is -0.337 e. The topological polar surface area (TPSA) is 17.8 Å². The van der Waals surface area contributed by atoms with Crippen LogP contribution in [0.3, 0.4) is 0 Å². The van der Waals surface area contributed by atoms with E-state index in [0.717, 1.165) is 5.82 Å². The predicted octanol–water partition coefficient (Wildman–Crippen LogP) is 4.30. The number of imidazole rings is 1. The molecule has 0 radical (unpaired) electrons. The van der Waals surface area contributed by atoms with E-state index in [1.165, 1.54) is 10.5 Å². The van der Waals surface area contributed by atoms with Crippen molar-refractivity contribution >= 4 is 11.8 Å². The van der Waals surface area contributed by atoms with Crippen molar-refractivity contribution in [3.05, 3.63) is 84.4 Å². The molecule has 0 bridgehead atoms. The highest BCUT2D eigenvalue weighted by Gasteiger charge is 2.19. The molecule has 100 valence electrons. The fourth-order valence-corrected chi connectivity index (χ4v) is 3.37. The third kappa shape index (κ3) is 2.78. The summed E-state index contributed by atoms with van der Waals surface area (Å²) in [6, 6.07) is 21.0. The zero-order valence-electron chi connectivity index (χ0n) is 11.3. The number of hydrogen-bond acceptors (Lipinski definition) is 2. The first-order valence-corrected chi connectivity index (χ1v) is 7.46. The molecular weight excluding hydrogens is 264 g/mol. The molecule has 0 aliphatic carbocycles. The van der Waals surface area contributed by atoms with E-state index in [4.69, 9.17) is 0 Å². The van der Waals surface area contributed by atoms with Gasteiger partial charge in [-0.15, -0.1) is 11.8 Å². The SMILES string of the molecule is Cn1ccnc1C(Sc1ccccc1)c1ccccc1. The molecule has 2 nitrogen and oxygen atoms in total. The molecule has 0 amide bonds. The van der Waals surface area contributed by atoms with Gasteiger partial charge < -0.3 is 4.57 Å². The van der Waals surface area contributed by atoms with E-state index in [0.29, 0.717) is 0 Å². The number of hydrogen-bond donors (Lipinski definition) is 0. The Morgan fingerprint density at radius 2 is 1.60 bits per heavy atom. The fourth-order valence-electron chi connectivity index (χ4n) is 2.16. The monoisotopic (exact) mass is 280 g/mol. The summed E-state index contributed by atoms with van der Waals surface area (Å²) in [5.41, 5.74) is 1.27. The molecule has 0 aliphatic heterocycles. The van der Waals surface area contributed by atoms with Gasteiger partial charge in [0.25, 0.3) is 0 Å². The van der Waals surface area contributed by atoms with E-state index in [1.54, 1.807) is 0 Å². The van der Waals surface area contributed by atoms with Crippen LogP contribution in [0.2, 0.25) is 0 Å². The lowest BCUT2D eigenvalue weighted by Gasteiger charge is -2.17. The van der Waals surface area contributed by atoms with Crippen molar-refractivity contribution in [2.24, 2.45) is 7.05 Å². The number of benzene rings is 2. The Hall–Kier alpha value is -2.00. The third-order valence-corrected chi connectivity index (χ3v) is 4.46. The summed E-state index contributed by atoms with van der Waals surface area (Å²) in [6.07, 6.45) is 3.85. The molecular formula is C17H16N2S. The molecule has 20 heavy (non-hydrogen) atoms. The first-order valence-electron chi connectivity index (χ1n) is 6.58. The fraction of sp³-hybridized carbons (Fsp3) is 0.118. The molecule has 0 saturated heterocycles. The van der Waals surface area contributed by atoms with Gasteiger partial charge in [-0.3, -0.25) is 0 Å². The molecule has 0 N–H and O–H groups in total.